The van der Waals surface area contributed by atoms with E-state index in [1.165, 1.54) is 0 Å². The second-order valence-corrected chi connectivity index (χ2v) is 6.99. The number of hydrogen-bond donors (Lipinski definition) is 2. The minimum atomic E-state index is -3.84. The molecule has 21 heavy (non-hydrogen) atoms. The lowest BCUT2D eigenvalue weighted by Gasteiger charge is -2.31. The highest BCUT2D eigenvalue weighted by Gasteiger charge is 2.31. The summed E-state index contributed by atoms with van der Waals surface area (Å²) in [5.41, 5.74) is -1.01. The van der Waals surface area contributed by atoms with Crippen molar-refractivity contribution in [2.75, 3.05) is 6.54 Å². The lowest BCUT2D eigenvalue weighted by atomic mass is 9.85. The molecule has 0 saturated heterocycles. The number of aliphatic hydroxyl groups is 1. The third-order valence-corrected chi connectivity index (χ3v) is 4.98. The molecule has 1 aromatic rings. The zero-order valence-corrected chi connectivity index (χ0v) is 12.2. The monoisotopic (exact) mass is 315 g/mol. The minimum Gasteiger partial charge on any atom is -0.389 e. The van der Waals surface area contributed by atoms with Gasteiger partial charge >= 0.3 is 5.82 Å². The summed E-state index contributed by atoms with van der Waals surface area (Å²) in [4.78, 5) is 13.1. The molecule has 0 aromatic carbocycles. The normalized spacial score (nSPS) is 18.3. The highest BCUT2D eigenvalue weighted by molar-refractivity contribution is 7.89. The molecule has 1 aliphatic carbocycles. The minimum absolute atomic E-state index is 0.0632. The molecule has 1 heterocycles. The second-order valence-electron chi connectivity index (χ2n) is 5.22. The summed E-state index contributed by atoms with van der Waals surface area (Å²) >= 11 is 0. The standard InChI is InChI=1S/C12H17N3O5S/c16-12(6-2-1-3-7-12)9-14-21(19,20)10-4-5-11(13-8-10)15(17)18/h4-5,8,14,16H,1-3,6-7,9H2. The van der Waals surface area contributed by atoms with Gasteiger partial charge in [0.2, 0.25) is 10.0 Å². The van der Waals surface area contributed by atoms with Crippen molar-refractivity contribution in [2.45, 2.75) is 42.6 Å². The molecule has 0 bridgehead atoms. The van der Waals surface area contributed by atoms with Gasteiger partial charge in [0.1, 0.15) is 4.90 Å². The number of sulfonamides is 1. The third-order valence-electron chi connectivity index (χ3n) is 3.59. The van der Waals surface area contributed by atoms with Crippen molar-refractivity contribution in [1.82, 2.24) is 9.71 Å². The Bertz CT molecular complexity index is 608. The van der Waals surface area contributed by atoms with Crippen molar-refractivity contribution >= 4 is 15.8 Å². The van der Waals surface area contributed by atoms with Crippen molar-refractivity contribution in [3.8, 4) is 0 Å². The molecule has 0 unspecified atom stereocenters. The molecule has 1 aromatic heterocycles. The smallest absolute Gasteiger partial charge is 0.363 e. The second kappa shape index (κ2) is 6.04. The molecule has 8 nitrogen and oxygen atoms in total. The molecule has 0 spiro atoms. The number of nitro groups is 1. The summed E-state index contributed by atoms with van der Waals surface area (Å²) in [5, 5.41) is 20.7. The first-order valence-corrected chi connectivity index (χ1v) is 8.13. The summed E-state index contributed by atoms with van der Waals surface area (Å²) in [5.74, 6) is -0.417. The molecule has 0 aliphatic heterocycles. The van der Waals surface area contributed by atoms with Gasteiger partial charge in [-0.1, -0.05) is 19.3 Å². The fourth-order valence-corrected chi connectivity index (χ4v) is 3.40. The Hall–Kier alpha value is -1.58. The molecule has 1 saturated carbocycles. The summed E-state index contributed by atoms with van der Waals surface area (Å²) in [6.07, 6.45) is 4.85. The first-order valence-electron chi connectivity index (χ1n) is 6.65. The molecule has 0 atom stereocenters. The topological polar surface area (TPSA) is 122 Å². The Balaban J connectivity index is 2.05. The van der Waals surface area contributed by atoms with Gasteiger partial charge in [0, 0.05) is 12.6 Å². The van der Waals surface area contributed by atoms with Gasteiger partial charge in [-0.15, -0.1) is 0 Å². The quantitative estimate of drug-likeness (QED) is 0.616. The van der Waals surface area contributed by atoms with Gasteiger partial charge < -0.3 is 15.2 Å². The van der Waals surface area contributed by atoms with Gasteiger partial charge in [0.05, 0.1) is 5.60 Å². The van der Waals surface area contributed by atoms with Crippen molar-refractivity contribution in [2.24, 2.45) is 0 Å². The van der Waals surface area contributed by atoms with E-state index in [-0.39, 0.29) is 11.4 Å². The molecule has 116 valence electrons. The van der Waals surface area contributed by atoms with Crippen LogP contribution in [0.2, 0.25) is 0 Å². The predicted molar refractivity (Wildman–Crippen MR) is 74.1 cm³/mol. The fourth-order valence-electron chi connectivity index (χ4n) is 2.34. The maximum Gasteiger partial charge on any atom is 0.363 e. The van der Waals surface area contributed by atoms with E-state index in [9.17, 15) is 23.6 Å². The third kappa shape index (κ3) is 3.96. The van der Waals surface area contributed by atoms with Crippen LogP contribution in [0.25, 0.3) is 0 Å². The fraction of sp³-hybridized carbons (Fsp3) is 0.583. The summed E-state index contributed by atoms with van der Waals surface area (Å²) < 4.78 is 26.5. The maximum absolute atomic E-state index is 12.1. The highest BCUT2D eigenvalue weighted by Crippen LogP contribution is 2.27. The molecule has 2 N–H and O–H groups in total. The van der Waals surface area contributed by atoms with Gasteiger partial charge in [-0.3, -0.25) is 0 Å². The van der Waals surface area contributed by atoms with Gasteiger partial charge in [-0.25, -0.2) is 13.1 Å². The summed E-state index contributed by atoms with van der Waals surface area (Å²) in [6, 6.07) is 2.16. The summed E-state index contributed by atoms with van der Waals surface area (Å²) in [6.45, 7) is -0.0632. The number of nitrogens with one attached hydrogen (secondary N) is 1. The van der Waals surface area contributed by atoms with Crippen LogP contribution in [0.5, 0.6) is 0 Å². The zero-order valence-electron chi connectivity index (χ0n) is 11.4. The molecule has 1 aliphatic rings. The van der Waals surface area contributed by atoms with E-state index in [1.54, 1.807) is 0 Å². The van der Waals surface area contributed by atoms with E-state index in [0.29, 0.717) is 12.8 Å². The van der Waals surface area contributed by atoms with Crippen LogP contribution in [0.15, 0.2) is 23.2 Å². The van der Waals surface area contributed by atoms with Crippen molar-refractivity contribution in [3.05, 3.63) is 28.4 Å². The average Bonchev–Trinajstić information content (AvgIpc) is 2.46. The van der Waals surface area contributed by atoms with Crippen LogP contribution in [0, 0.1) is 10.1 Å². The van der Waals surface area contributed by atoms with Gasteiger partial charge in [-0.05, 0) is 28.8 Å². The first kappa shape index (κ1) is 15.8. The van der Waals surface area contributed by atoms with Crippen LogP contribution < -0.4 is 4.72 Å². The van der Waals surface area contributed by atoms with E-state index >= 15 is 0 Å². The molecule has 9 heteroatoms. The van der Waals surface area contributed by atoms with E-state index in [4.69, 9.17) is 0 Å². The maximum atomic E-state index is 12.1. The van der Waals surface area contributed by atoms with Crippen LogP contribution in [0.3, 0.4) is 0 Å². The predicted octanol–water partition coefficient (Wildman–Crippen LogP) is 0.963. The van der Waals surface area contributed by atoms with Gasteiger partial charge in [0.15, 0.2) is 6.20 Å². The van der Waals surface area contributed by atoms with Gasteiger partial charge in [0.25, 0.3) is 0 Å². The number of nitrogens with zero attached hydrogens (tertiary/aromatic N) is 2. The van der Waals surface area contributed by atoms with E-state index in [2.05, 4.69) is 9.71 Å². The Morgan fingerprint density at radius 2 is 2.00 bits per heavy atom. The lowest BCUT2D eigenvalue weighted by molar-refractivity contribution is -0.389. The number of rotatable bonds is 5. The molecule has 0 radical (unpaired) electrons. The molecule has 1 fully saturated rings. The summed E-state index contributed by atoms with van der Waals surface area (Å²) in [7, 11) is -3.84. The highest BCUT2D eigenvalue weighted by atomic mass is 32.2. The van der Waals surface area contributed by atoms with Crippen LogP contribution >= 0.6 is 0 Å². The average molecular weight is 315 g/mol. The van der Waals surface area contributed by atoms with Crippen molar-refractivity contribution in [1.29, 1.82) is 0 Å². The Morgan fingerprint density at radius 3 is 2.52 bits per heavy atom. The van der Waals surface area contributed by atoms with Crippen LogP contribution in [-0.2, 0) is 10.0 Å². The number of aromatic nitrogens is 1. The van der Waals surface area contributed by atoms with E-state index < -0.39 is 26.4 Å². The lowest BCUT2D eigenvalue weighted by Crippen LogP contribution is -2.44. The van der Waals surface area contributed by atoms with Crippen LogP contribution in [-0.4, -0.2) is 35.6 Å². The Labute approximate surface area is 122 Å². The number of hydrogen-bond acceptors (Lipinski definition) is 6. The largest absolute Gasteiger partial charge is 0.389 e. The SMILES string of the molecule is O=[N+]([O-])c1ccc(S(=O)(=O)NCC2(O)CCCCC2)cn1. The van der Waals surface area contributed by atoms with Gasteiger partial charge in [-0.2, -0.15) is 0 Å². The molecule has 0 amide bonds. The van der Waals surface area contributed by atoms with Crippen LogP contribution in [0.1, 0.15) is 32.1 Å². The number of pyridine rings is 1. The molecule has 2 rings (SSSR count). The van der Waals surface area contributed by atoms with E-state index in [0.717, 1.165) is 37.6 Å². The Morgan fingerprint density at radius 1 is 1.33 bits per heavy atom. The molecular weight excluding hydrogens is 298 g/mol. The zero-order chi connectivity index (χ0) is 15.5. The first-order chi connectivity index (χ1) is 9.82. The Kier molecular flexibility index (Phi) is 4.55. The van der Waals surface area contributed by atoms with Crippen LogP contribution in [0.4, 0.5) is 5.82 Å². The van der Waals surface area contributed by atoms with Crippen molar-refractivity contribution in [3.63, 3.8) is 0 Å². The molecular formula is C12H17N3O5S. The van der Waals surface area contributed by atoms with Crippen molar-refractivity contribution < 1.29 is 18.4 Å². The van der Waals surface area contributed by atoms with E-state index in [1.807, 2.05) is 0 Å².